The Kier molecular flexibility index (Phi) is 7.93. The molecular weight excluding hydrogens is 440 g/mol. The molecule has 0 radical (unpaired) electrons. The molecule has 0 saturated carbocycles. The van der Waals surface area contributed by atoms with Gasteiger partial charge in [-0.1, -0.05) is 24.3 Å². The van der Waals surface area contributed by atoms with E-state index in [0.717, 1.165) is 16.9 Å². The van der Waals surface area contributed by atoms with Gasteiger partial charge in [0, 0.05) is 11.3 Å². The third kappa shape index (κ3) is 6.05. The number of hydrogen-bond acceptors (Lipinski definition) is 7. The fraction of sp³-hybridized carbons (Fsp3) is 0.167. The SMILES string of the molecule is COc1cc(C(=O)NC(=S)Nc2ccc(C)c(NNc3ccccc3)c2)cc(OC)c1OC. The average Bonchev–Trinajstić information content (AvgIpc) is 2.83. The largest absolute Gasteiger partial charge is 0.493 e. The number of aryl methyl sites for hydroxylation is 1. The van der Waals surface area contributed by atoms with Gasteiger partial charge in [-0.15, -0.1) is 0 Å². The minimum Gasteiger partial charge on any atom is -0.493 e. The zero-order chi connectivity index (χ0) is 23.8. The third-order valence-corrected chi connectivity index (χ3v) is 4.97. The average molecular weight is 467 g/mol. The molecule has 0 heterocycles. The minimum atomic E-state index is -0.414. The number of carbonyl (C=O) groups excluding carboxylic acids is 1. The molecule has 0 aromatic heterocycles. The highest BCUT2D eigenvalue weighted by atomic mass is 32.1. The molecule has 3 aromatic rings. The number of nitrogens with one attached hydrogen (secondary N) is 4. The highest BCUT2D eigenvalue weighted by molar-refractivity contribution is 7.80. The van der Waals surface area contributed by atoms with E-state index >= 15 is 0 Å². The van der Waals surface area contributed by atoms with E-state index in [1.165, 1.54) is 21.3 Å². The molecule has 0 aliphatic heterocycles. The Labute approximate surface area is 198 Å². The van der Waals surface area contributed by atoms with Crippen LogP contribution in [0.25, 0.3) is 0 Å². The highest BCUT2D eigenvalue weighted by Gasteiger charge is 2.17. The smallest absolute Gasteiger partial charge is 0.257 e. The molecule has 0 atom stereocenters. The second kappa shape index (κ2) is 11.1. The van der Waals surface area contributed by atoms with Crippen molar-refractivity contribution >= 4 is 40.3 Å². The van der Waals surface area contributed by atoms with Gasteiger partial charge in [0.15, 0.2) is 16.6 Å². The summed E-state index contributed by atoms with van der Waals surface area (Å²) in [4.78, 5) is 12.7. The quantitative estimate of drug-likeness (QED) is 0.283. The number of amides is 1. The first-order valence-electron chi connectivity index (χ1n) is 10.0. The maximum absolute atomic E-state index is 12.7. The Morgan fingerprint density at radius 3 is 2.09 bits per heavy atom. The van der Waals surface area contributed by atoms with E-state index in [4.69, 9.17) is 26.4 Å². The van der Waals surface area contributed by atoms with Gasteiger partial charge in [0.25, 0.3) is 5.91 Å². The van der Waals surface area contributed by atoms with Gasteiger partial charge >= 0.3 is 0 Å². The highest BCUT2D eigenvalue weighted by Crippen LogP contribution is 2.38. The molecule has 3 rings (SSSR count). The van der Waals surface area contributed by atoms with E-state index < -0.39 is 5.91 Å². The van der Waals surface area contributed by atoms with Crippen molar-refractivity contribution in [3.8, 4) is 17.2 Å². The van der Waals surface area contributed by atoms with Gasteiger partial charge in [-0.05, 0) is 61.1 Å². The molecular formula is C24H26N4O4S. The lowest BCUT2D eigenvalue weighted by atomic mass is 10.1. The van der Waals surface area contributed by atoms with E-state index in [1.54, 1.807) is 12.1 Å². The molecule has 0 saturated heterocycles. The van der Waals surface area contributed by atoms with E-state index in [1.807, 2.05) is 55.5 Å². The van der Waals surface area contributed by atoms with Crippen LogP contribution in [0.5, 0.6) is 17.2 Å². The van der Waals surface area contributed by atoms with Crippen LogP contribution >= 0.6 is 12.2 Å². The molecule has 0 fully saturated rings. The summed E-state index contributed by atoms with van der Waals surface area (Å²) >= 11 is 5.33. The van der Waals surface area contributed by atoms with Crippen molar-refractivity contribution < 1.29 is 19.0 Å². The van der Waals surface area contributed by atoms with Gasteiger partial charge in [0.1, 0.15) is 0 Å². The number of benzene rings is 3. The van der Waals surface area contributed by atoms with Crippen molar-refractivity contribution in [2.75, 3.05) is 37.5 Å². The number of hydrogen-bond donors (Lipinski definition) is 4. The second-order valence-corrected chi connectivity index (χ2v) is 7.38. The molecule has 33 heavy (non-hydrogen) atoms. The normalized spacial score (nSPS) is 10.1. The number of rotatable bonds is 8. The number of carbonyl (C=O) groups is 1. The Hall–Kier alpha value is -3.98. The van der Waals surface area contributed by atoms with Crippen LogP contribution < -0.4 is 35.7 Å². The Morgan fingerprint density at radius 1 is 0.818 bits per heavy atom. The summed E-state index contributed by atoms with van der Waals surface area (Å²) < 4.78 is 15.9. The zero-order valence-electron chi connectivity index (χ0n) is 18.8. The van der Waals surface area contributed by atoms with Gasteiger partial charge in [-0.2, -0.15) is 0 Å². The number of thiocarbonyl (C=S) groups is 1. The summed E-state index contributed by atoms with van der Waals surface area (Å²) in [5, 5.41) is 5.86. The first kappa shape index (κ1) is 23.7. The lowest BCUT2D eigenvalue weighted by Crippen LogP contribution is -2.34. The fourth-order valence-electron chi connectivity index (χ4n) is 3.05. The maximum atomic E-state index is 12.7. The van der Waals surface area contributed by atoms with Gasteiger partial charge in [-0.25, -0.2) is 0 Å². The minimum absolute atomic E-state index is 0.152. The van der Waals surface area contributed by atoms with Crippen LogP contribution in [0.15, 0.2) is 60.7 Å². The molecule has 172 valence electrons. The monoisotopic (exact) mass is 466 g/mol. The first-order valence-corrected chi connectivity index (χ1v) is 10.5. The topological polar surface area (TPSA) is 92.9 Å². The summed E-state index contributed by atoms with van der Waals surface area (Å²) in [7, 11) is 4.47. The molecule has 1 amide bonds. The van der Waals surface area contributed by atoms with Crippen LogP contribution in [-0.4, -0.2) is 32.3 Å². The summed E-state index contributed by atoms with van der Waals surface area (Å²) in [5.41, 5.74) is 10.2. The molecule has 0 aliphatic carbocycles. The first-order chi connectivity index (χ1) is 15.9. The molecule has 0 bridgehead atoms. The summed E-state index contributed by atoms with van der Waals surface area (Å²) in [6.07, 6.45) is 0. The van der Waals surface area contributed by atoms with Crippen LogP contribution in [0.2, 0.25) is 0 Å². The summed E-state index contributed by atoms with van der Waals surface area (Å²) in [6, 6.07) is 18.6. The molecule has 3 aromatic carbocycles. The molecule has 4 N–H and O–H groups in total. The number of ether oxygens (including phenoxy) is 3. The number of methoxy groups -OCH3 is 3. The standard InChI is InChI=1S/C24H26N4O4S/c1-15-10-11-18(14-19(15)28-27-17-8-6-5-7-9-17)25-24(33)26-23(29)16-12-20(30-2)22(32-4)21(13-16)31-3/h5-14,27-28H,1-4H3,(H2,25,26,29,33). The zero-order valence-corrected chi connectivity index (χ0v) is 19.6. The van der Waals surface area contributed by atoms with Crippen molar-refractivity contribution in [3.63, 3.8) is 0 Å². The van der Waals surface area contributed by atoms with E-state index in [9.17, 15) is 4.79 Å². The van der Waals surface area contributed by atoms with Crippen molar-refractivity contribution in [2.24, 2.45) is 0 Å². The Bertz CT molecular complexity index is 1110. The molecule has 8 nitrogen and oxygen atoms in total. The van der Waals surface area contributed by atoms with Crippen LogP contribution in [0, 0.1) is 6.92 Å². The molecule has 0 spiro atoms. The number of anilines is 3. The van der Waals surface area contributed by atoms with Crippen LogP contribution in [0.3, 0.4) is 0 Å². The second-order valence-electron chi connectivity index (χ2n) is 6.97. The van der Waals surface area contributed by atoms with Crippen LogP contribution in [0.4, 0.5) is 17.1 Å². The predicted octanol–water partition coefficient (Wildman–Crippen LogP) is 4.59. The predicted molar refractivity (Wildman–Crippen MR) is 135 cm³/mol. The molecule has 9 heteroatoms. The van der Waals surface area contributed by atoms with Gasteiger partial charge in [0.05, 0.1) is 32.7 Å². The van der Waals surface area contributed by atoms with Crippen molar-refractivity contribution in [1.29, 1.82) is 0 Å². The Balaban J connectivity index is 1.67. The lowest BCUT2D eigenvalue weighted by molar-refractivity contribution is 0.0977. The third-order valence-electron chi connectivity index (χ3n) is 4.76. The van der Waals surface area contributed by atoms with Crippen molar-refractivity contribution in [3.05, 3.63) is 71.8 Å². The molecule has 0 unspecified atom stereocenters. The fourth-order valence-corrected chi connectivity index (χ4v) is 3.26. The van der Waals surface area contributed by atoms with E-state index in [-0.39, 0.29) is 5.11 Å². The molecule has 0 aliphatic rings. The van der Waals surface area contributed by atoms with Crippen LogP contribution in [0.1, 0.15) is 15.9 Å². The lowest BCUT2D eigenvalue weighted by Gasteiger charge is -2.16. The number of hydrazine groups is 1. The van der Waals surface area contributed by atoms with E-state index in [2.05, 4.69) is 21.5 Å². The summed E-state index contributed by atoms with van der Waals surface area (Å²) in [6.45, 7) is 1.99. The summed E-state index contributed by atoms with van der Waals surface area (Å²) in [5.74, 6) is 0.742. The van der Waals surface area contributed by atoms with Gasteiger partial charge < -0.3 is 30.4 Å². The van der Waals surface area contributed by atoms with Gasteiger partial charge in [-0.3, -0.25) is 10.1 Å². The van der Waals surface area contributed by atoms with Crippen molar-refractivity contribution in [2.45, 2.75) is 6.92 Å². The van der Waals surface area contributed by atoms with E-state index in [0.29, 0.717) is 28.5 Å². The van der Waals surface area contributed by atoms with Crippen molar-refractivity contribution in [1.82, 2.24) is 5.32 Å². The van der Waals surface area contributed by atoms with Crippen LogP contribution in [-0.2, 0) is 0 Å². The maximum Gasteiger partial charge on any atom is 0.257 e. The van der Waals surface area contributed by atoms with Gasteiger partial charge in [0.2, 0.25) is 5.75 Å². The Morgan fingerprint density at radius 2 is 1.48 bits per heavy atom. The number of para-hydroxylation sites is 1.